The number of quaternary nitrogens is 1. The van der Waals surface area contributed by atoms with Crippen molar-refractivity contribution in [2.75, 3.05) is 33.9 Å². The Hall–Kier alpha value is -0.110. The van der Waals surface area contributed by atoms with E-state index in [4.69, 9.17) is 0 Å². The first-order valence-electron chi connectivity index (χ1n) is 3.90. The normalized spacial score (nSPS) is 10.2. The maximum absolute atomic E-state index is 9.50. The Bertz CT molecular complexity index is 52.0. The first kappa shape index (κ1) is 12.6. The van der Waals surface area contributed by atoms with E-state index in [1.165, 1.54) is 24.1 Å². The SMILES string of the molecule is CC[N+](C)(CC)CC.CF. The molecule has 0 rings (SSSR count). The topological polar surface area (TPSA) is 0 Å². The highest BCUT2D eigenvalue weighted by atomic mass is 19.1. The lowest BCUT2D eigenvalue weighted by Crippen LogP contribution is -2.42. The lowest BCUT2D eigenvalue weighted by atomic mass is 10.4. The van der Waals surface area contributed by atoms with Crippen molar-refractivity contribution in [3.05, 3.63) is 0 Å². The van der Waals surface area contributed by atoms with Gasteiger partial charge in [-0.15, -0.1) is 0 Å². The van der Waals surface area contributed by atoms with E-state index in [2.05, 4.69) is 27.8 Å². The molecule has 0 aromatic heterocycles. The Kier molecular flexibility index (Phi) is 8.79. The molecule has 0 aromatic carbocycles. The molecule has 0 aromatic rings. The largest absolute Gasteiger partial charge is 0.327 e. The van der Waals surface area contributed by atoms with Crippen molar-refractivity contribution in [3.63, 3.8) is 0 Å². The molecular formula is C8H21FN+. The second-order valence-corrected chi connectivity index (χ2v) is 2.57. The monoisotopic (exact) mass is 150 g/mol. The quantitative estimate of drug-likeness (QED) is 0.540. The van der Waals surface area contributed by atoms with Crippen molar-refractivity contribution in [1.82, 2.24) is 0 Å². The van der Waals surface area contributed by atoms with E-state index >= 15 is 0 Å². The number of hydrogen-bond acceptors (Lipinski definition) is 0. The summed E-state index contributed by atoms with van der Waals surface area (Å²) in [6, 6.07) is 0. The molecule has 0 saturated heterocycles. The van der Waals surface area contributed by atoms with Gasteiger partial charge in [0.05, 0.1) is 33.9 Å². The average Bonchev–Trinajstić information content (AvgIpc) is 2.07. The minimum atomic E-state index is 0.500. The van der Waals surface area contributed by atoms with Crippen LogP contribution in [0.25, 0.3) is 0 Å². The molecule has 10 heavy (non-hydrogen) atoms. The highest BCUT2D eigenvalue weighted by Crippen LogP contribution is 1.97. The second kappa shape index (κ2) is 7.00. The molecule has 1 nitrogen and oxygen atoms in total. The van der Waals surface area contributed by atoms with E-state index in [9.17, 15) is 4.39 Å². The van der Waals surface area contributed by atoms with Crippen LogP contribution in [-0.2, 0) is 0 Å². The van der Waals surface area contributed by atoms with Crippen molar-refractivity contribution in [3.8, 4) is 0 Å². The van der Waals surface area contributed by atoms with Crippen molar-refractivity contribution in [2.24, 2.45) is 0 Å². The van der Waals surface area contributed by atoms with Gasteiger partial charge in [0.25, 0.3) is 0 Å². The van der Waals surface area contributed by atoms with Gasteiger partial charge < -0.3 is 4.48 Å². The molecule has 0 aliphatic rings. The van der Waals surface area contributed by atoms with Gasteiger partial charge >= 0.3 is 0 Å². The molecule has 0 heterocycles. The molecule has 0 atom stereocenters. The summed E-state index contributed by atoms with van der Waals surface area (Å²) in [7, 11) is 2.79. The third-order valence-corrected chi connectivity index (χ3v) is 2.29. The first-order valence-corrected chi connectivity index (χ1v) is 3.90. The lowest BCUT2D eigenvalue weighted by molar-refractivity contribution is -0.904. The van der Waals surface area contributed by atoms with Gasteiger partial charge in [-0.3, -0.25) is 4.39 Å². The van der Waals surface area contributed by atoms with Gasteiger partial charge in [0, 0.05) is 0 Å². The van der Waals surface area contributed by atoms with Crippen molar-refractivity contribution in [1.29, 1.82) is 0 Å². The summed E-state index contributed by atoms with van der Waals surface area (Å²) >= 11 is 0. The first-order chi connectivity index (χ1) is 4.68. The van der Waals surface area contributed by atoms with E-state index in [1.54, 1.807) is 0 Å². The van der Waals surface area contributed by atoms with Crippen molar-refractivity contribution >= 4 is 0 Å². The zero-order valence-electron chi connectivity index (χ0n) is 7.95. The second-order valence-electron chi connectivity index (χ2n) is 2.57. The zero-order valence-corrected chi connectivity index (χ0v) is 7.95. The van der Waals surface area contributed by atoms with Crippen LogP contribution in [0.5, 0.6) is 0 Å². The summed E-state index contributed by atoms with van der Waals surface area (Å²) in [5.74, 6) is 0. The highest BCUT2D eigenvalue weighted by molar-refractivity contribution is 4.24. The molecule has 0 amide bonds. The van der Waals surface area contributed by atoms with Gasteiger partial charge in [0.15, 0.2) is 0 Å². The third kappa shape index (κ3) is 4.74. The van der Waals surface area contributed by atoms with Gasteiger partial charge in [0.1, 0.15) is 0 Å². The van der Waals surface area contributed by atoms with Crippen LogP contribution in [0.3, 0.4) is 0 Å². The molecule has 64 valence electrons. The van der Waals surface area contributed by atoms with Crippen LogP contribution in [0.4, 0.5) is 4.39 Å². The maximum atomic E-state index is 9.50. The number of halogens is 1. The Balaban J connectivity index is 0. The summed E-state index contributed by atoms with van der Waals surface area (Å²) in [5.41, 5.74) is 0. The van der Waals surface area contributed by atoms with Crippen molar-refractivity contribution < 1.29 is 8.87 Å². The number of rotatable bonds is 3. The standard InChI is InChI=1S/C7H18N.CH3F/c1-5-8(4,6-2)7-3;1-2/h5-7H2,1-4H3;1H3/q+1;. The fourth-order valence-electron chi connectivity index (χ4n) is 0.671. The Labute approximate surface area is 64.4 Å². The summed E-state index contributed by atoms with van der Waals surface area (Å²) < 4.78 is 10.7. The Morgan fingerprint density at radius 3 is 1.10 bits per heavy atom. The molecule has 0 fully saturated rings. The van der Waals surface area contributed by atoms with E-state index in [0.29, 0.717) is 7.18 Å². The fraction of sp³-hybridized carbons (Fsp3) is 1.00. The fourth-order valence-corrected chi connectivity index (χ4v) is 0.671. The number of hydrogen-bond donors (Lipinski definition) is 0. The summed E-state index contributed by atoms with van der Waals surface area (Å²) in [6.45, 7) is 10.5. The van der Waals surface area contributed by atoms with Crippen LogP contribution < -0.4 is 0 Å². The average molecular weight is 150 g/mol. The van der Waals surface area contributed by atoms with Gasteiger partial charge in [-0.2, -0.15) is 0 Å². The van der Waals surface area contributed by atoms with Crippen LogP contribution in [0.1, 0.15) is 20.8 Å². The molecule has 0 aliphatic heterocycles. The molecular weight excluding hydrogens is 129 g/mol. The summed E-state index contributed by atoms with van der Waals surface area (Å²) in [4.78, 5) is 0. The highest BCUT2D eigenvalue weighted by Gasteiger charge is 2.10. The smallest absolute Gasteiger partial charge is 0.0785 e. The van der Waals surface area contributed by atoms with Crippen LogP contribution in [0.15, 0.2) is 0 Å². The molecule has 0 spiro atoms. The van der Waals surface area contributed by atoms with Gasteiger partial charge in [-0.1, -0.05) is 0 Å². The molecule has 0 radical (unpaired) electrons. The molecule has 0 N–H and O–H groups in total. The van der Waals surface area contributed by atoms with E-state index in [1.807, 2.05) is 0 Å². The van der Waals surface area contributed by atoms with Gasteiger partial charge in [-0.05, 0) is 20.8 Å². The zero-order chi connectivity index (χ0) is 8.62. The van der Waals surface area contributed by atoms with Crippen LogP contribution in [0.2, 0.25) is 0 Å². The third-order valence-electron chi connectivity index (χ3n) is 2.29. The summed E-state index contributed by atoms with van der Waals surface area (Å²) in [5, 5.41) is 0. The van der Waals surface area contributed by atoms with Crippen LogP contribution >= 0.6 is 0 Å². The summed E-state index contributed by atoms with van der Waals surface area (Å²) in [6.07, 6.45) is 0. The van der Waals surface area contributed by atoms with Gasteiger partial charge in [0.2, 0.25) is 0 Å². The molecule has 2 heteroatoms. The Morgan fingerprint density at radius 2 is 1.10 bits per heavy atom. The predicted octanol–water partition coefficient (Wildman–Crippen LogP) is 2.08. The van der Waals surface area contributed by atoms with Crippen molar-refractivity contribution in [2.45, 2.75) is 20.8 Å². The number of nitrogens with zero attached hydrogens (tertiary/aromatic N) is 1. The minimum Gasteiger partial charge on any atom is -0.327 e. The minimum absolute atomic E-state index is 0.500. The van der Waals surface area contributed by atoms with Crippen LogP contribution in [-0.4, -0.2) is 38.3 Å². The lowest BCUT2D eigenvalue weighted by Gasteiger charge is -2.30. The molecule has 0 saturated carbocycles. The Morgan fingerprint density at radius 1 is 0.900 bits per heavy atom. The van der Waals surface area contributed by atoms with Gasteiger partial charge in [-0.25, -0.2) is 0 Å². The van der Waals surface area contributed by atoms with E-state index in [-0.39, 0.29) is 0 Å². The van der Waals surface area contributed by atoms with Crippen LogP contribution in [0, 0.1) is 0 Å². The predicted molar refractivity (Wildman–Crippen MR) is 44.8 cm³/mol. The van der Waals surface area contributed by atoms with E-state index < -0.39 is 0 Å². The number of alkyl halides is 1. The molecule has 0 aliphatic carbocycles. The maximum Gasteiger partial charge on any atom is 0.0785 e. The van der Waals surface area contributed by atoms with E-state index in [0.717, 1.165) is 0 Å². The molecule has 0 bridgehead atoms. The molecule has 0 unspecified atom stereocenters.